The van der Waals surface area contributed by atoms with Gasteiger partial charge in [-0.3, -0.25) is 9.48 Å². The number of hydrogen-bond acceptors (Lipinski definition) is 6. The van der Waals surface area contributed by atoms with Gasteiger partial charge in [0.15, 0.2) is 5.69 Å². The molecule has 3 rings (SSSR count). The second kappa shape index (κ2) is 6.53. The van der Waals surface area contributed by atoms with Crippen LogP contribution in [0.4, 0.5) is 0 Å². The maximum atomic E-state index is 12.2. The summed E-state index contributed by atoms with van der Waals surface area (Å²) in [5, 5.41) is 11.7. The number of aromatic nitrogens is 4. The minimum Gasteiger partial charge on any atom is -0.342 e. The summed E-state index contributed by atoms with van der Waals surface area (Å²) in [6, 6.07) is -0.122. The molecule has 8 heteroatoms. The van der Waals surface area contributed by atoms with Gasteiger partial charge < -0.3 is 11.1 Å². The number of nitrogens with two attached hydrogens (primary N) is 1. The van der Waals surface area contributed by atoms with Crippen molar-refractivity contribution in [1.82, 2.24) is 25.3 Å². The van der Waals surface area contributed by atoms with Crippen molar-refractivity contribution in [3.8, 4) is 0 Å². The van der Waals surface area contributed by atoms with Crippen molar-refractivity contribution in [3.05, 3.63) is 27.5 Å². The van der Waals surface area contributed by atoms with E-state index in [1.54, 1.807) is 22.2 Å². The van der Waals surface area contributed by atoms with Crippen LogP contribution in [0, 0.1) is 0 Å². The summed E-state index contributed by atoms with van der Waals surface area (Å²) in [6.45, 7) is 2.97. The fraction of sp³-hybridized carbons (Fsp3) is 0.571. The molecular formula is C14H20N6OS. The molecule has 0 unspecified atom stereocenters. The predicted molar refractivity (Wildman–Crippen MR) is 83.7 cm³/mol. The van der Waals surface area contributed by atoms with E-state index >= 15 is 0 Å². The number of rotatable bonds is 5. The molecule has 3 N–H and O–H groups in total. The van der Waals surface area contributed by atoms with Crippen LogP contribution in [-0.2, 0) is 19.4 Å². The lowest BCUT2D eigenvalue weighted by Gasteiger charge is -2.09. The van der Waals surface area contributed by atoms with Crippen LogP contribution in [-0.4, -0.2) is 32.4 Å². The van der Waals surface area contributed by atoms with Gasteiger partial charge in [0.05, 0.1) is 24.5 Å². The average molecular weight is 320 g/mol. The molecule has 1 aliphatic carbocycles. The minimum atomic E-state index is -0.232. The Labute approximate surface area is 132 Å². The van der Waals surface area contributed by atoms with Crippen LogP contribution < -0.4 is 11.1 Å². The summed E-state index contributed by atoms with van der Waals surface area (Å²) in [5.41, 5.74) is 6.97. The number of thiazole rings is 1. The number of nitrogens with zero attached hydrogens (tertiary/aromatic N) is 4. The van der Waals surface area contributed by atoms with Gasteiger partial charge >= 0.3 is 0 Å². The zero-order valence-electron chi connectivity index (χ0n) is 12.6. The molecule has 0 bridgehead atoms. The maximum absolute atomic E-state index is 12.2. The van der Waals surface area contributed by atoms with Crippen LogP contribution in [0.3, 0.4) is 0 Å². The molecule has 2 aromatic rings. The Bertz CT molecular complexity index is 641. The quantitative estimate of drug-likeness (QED) is 0.858. The smallest absolute Gasteiger partial charge is 0.274 e. The van der Waals surface area contributed by atoms with Crippen molar-refractivity contribution in [2.75, 3.05) is 6.54 Å². The molecule has 0 fully saturated rings. The van der Waals surface area contributed by atoms with Crippen LogP contribution in [0.25, 0.3) is 0 Å². The van der Waals surface area contributed by atoms with E-state index in [0.29, 0.717) is 18.8 Å². The molecule has 0 aliphatic heterocycles. The normalized spacial score (nSPS) is 15.4. The van der Waals surface area contributed by atoms with E-state index in [9.17, 15) is 4.79 Å². The molecule has 1 atom stereocenters. The fourth-order valence-corrected chi connectivity index (χ4v) is 3.69. The van der Waals surface area contributed by atoms with Gasteiger partial charge in [0.2, 0.25) is 0 Å². The van der Waals surface area contributed by atoms with Gasteiger partial charge in [-0.2, -0.15) is 0 Å². The molecule has 118 valence electrons. The van der Waals surface area contributed by atoms with Gasteiger partial charge in [-0.25, -0.2) is 4.98 Å². The second-order valence-electron chi connectivity index (χ2n) is 5.48. The lowest BCUT2D eigenvalue weighted by atomic mass is 10.0. The van der Waals surface area contributed by atoms with Crippen LogP contribution in [0.15, 0.2) is 6.20 Å². The Kier molecular flexibility index (Phi) is 4.49. The number of amides is 1. The first-order chi connectivity index (χ1) is 10.7. The van der Waals surface area contributed by atoms with Crippen LogP contribution in [0.1, 0.15) is 51.9 Å². The van der Waals surface area contributed by atoms with Crippen molar-refractivity contribution in [2.24, 2.45) is 5.73 Å². The van der Waals surface area contributed by atoms with Gasteiger partial charge in [-0.05, 0) is 32.6 Å². The monoisotopic (exact) mass is 320 g/mol. The Morgan fingerprint density at radius 3 is 3.09 bits per heavy atom. The highest BCUT2D eigenvalue weighted by molar-refractivity contribution is 7.11. The molecule has 2 aromatic heterocycles. The summed E-state index contributed by atoms with van der Waals surface area (Å²) in [5.74, 6) is -0.232. The van der Waals surface area contributed by atoms with Crippen molar-refractivity contribution < 1.29 is 4.79 Å². The van der Waals surface area contributed by atoms with Gasteiger partial charge in [-0.15, -0.1) is 16.4 Å². The number of nitrogens with one attached hydrogen (secondary N) is 1. The average Bonchev–Trinajstić information content (AvgIpc) is 3.13. The fourth-order valence-electron chi connectivity index (χ4n) is 2.53. The van der Waals surface area contributed by atoms with Crippen molar-refractivity contribution in [2.45, 2.75) is 45.2 Å². The van der Waals surface area contributed by atoms with E-state index in [0.717, 1.165) is 17.8 Å². The van der Waals surface area contributed by atoms with Crippen molar-refractivity contribution in [3.63, 3.8) is 0 Å². The molecule has 0 spiro atoms. The topological polar surface area (TPSA) is 98.7 Å². The highest BCUT2D eigenvalue weighted by atomic mass is 32.1. The van der Waals surface area contributed by atoms with Crippen LogP contribution >= 0.6 is 11.3 Å². The largest absolute Gasteiger partial charge is 0.342 e. The molecular weight excluding hydrogens is 300 g/mol. The summed E-state index contributed by atoms with van der Waals surface area (Å²) >= 11 is 1.71. The molecule has 0 saturated carbocycles. The first kappa shape index (κ1) is 15.1. The molecule has 22 heavy (non-hydrogen) atoms. The van der Waals surface area contributed by atoms with E-state index in [4.69, 9.17) is 5.73 Å². The number of carbonyl (C=O) groups excluding carboxylic acids is 1. The highest BCUT2D eigenvalue weighted by Gasteiger charge is 2.21. The first-order valence-corrected chi connectivity index (χ1v) is 8.38. The molecule has 7 nitrogen and oxygen atoms in total. The van der Waals surface area contributed by atoms with Gasteiger partial charge in [0.1, 0.15) is 5.01 Å². The number of carbonyl (C=O) groups is 1. The summed E-state index contributed by atoms with van der Waals surface area (Å²) < 4.78 is 1.57. The zero-order chi connectivity index (χ0) is 15.5. The number of aryl methyl sites for hydroxylation is 2. The Morgan fingerprint density at radius 2 is 2.32 bits per heavy atom. The van der Waals surface area contributed by atoms with Crippen LogP contribution in [0.2, 0.25) is 0 Å². The van der Waals surface area contributed by atoms with E-state index in [1.807, 2.05) is 6.92 Å². The molecule has 1 aliphatic rings. The van der Waals surface area contributed by atoms with Crippen molar-refractivity contribution >= 4 is 17.2 Å². The van der Waals surface area contributed by atoms with Gasteiger partial charge in [0, 0.05) is 11.4 Å². The number of hydrogen-bond donors (Lipinski definition) is 2. The lowest BCUT2D eigenvalue weighted by Crippen LogP contribution is -2.27. The second-order valence-corrected chi connectivity index (χ2v) is 6.59. The number of fused-ring (bicyclic) bond motifs is 1. The van der Waals surface area contributed by atoms with E-state index in [1.165, 1.54) is 23.4 Å². The van der Waals surface area contributed by atoms with E-state index in [2.05, 4.69) is 20.6 Å². The molecule has 0 saturated heterocycles. The van der Waals surface area contributed by atoms with Gasteiger partial charge in [-0.1, -0.05) is 5.21 Å². The third kappa shape index (κ3) is 3.17. The molecule has 2 heterocycles. The van der Waals surface area contributed by atoms with Gasteiger partial charge in [0.25, 0.3) is 5.91 Å². The Hall–Kier alpha value is -1.80. The van der Waals surface area contributed by atoms with E-state index in [-0.39, 0.29) is 11.9 Å². The summed E-state index contributed by atoms with van der Waals surface area (Å²) in [4.78, 5) is 18.3. The minimum absolute atomic E-state index is 0.122. The third-order valence-electron chi connectivity index (χ3n) is 3.71. The highest BCUT2D eigenvalue weighted by Crippen LogP contribution is 2.29. The van der Waals surface area contributed by atoms with E-state index < -0.39 is 0 Å². The lowest BCUT2D eigenvalue weighted by molar-refractivity contribution is 0.0934. The SMILES string of the molecule is C[C@H](NC(=O)c1cn(CCN)nn1)c1nc2c(s1)CCCC2. The standard InChI is InChI=1S/C14H20N6OS/c1-9(14-17-10-4-2-3-5-12(10)22-14)16-13(21)11-8-20(7-6-15)19-18-11/h8-9H,2-7,15H2,1H3,(H,16,21)/t9-/m0/s1. The third-order valence-corrected chi connectivity index (χ3v) is 5.05. The summed E-state index contributed by atoms with van der Waals surface area (Å²) in [7, 11) is 0. The van der Waals surface area contributed by atoms with Crippen LogP contribution in [0.5, 0.6) is 0 Å². The molecule has 0 aromatic carbocycles. The van der Waals surface area contributed by atoms with Crippen molar-refractivity contribution in [1.29, 1.82) is 0 Å². The first-order valence-electron chi connectivity index (χ1n) is 7.57. The zero-order valence-corrected chi connectivity index (χ0v) is 13.4. The predicted octanol–water partition coefficient (Wildman–Crippen LogP) is 1.06. The molecule has 1 amide bonds. The maximum Gasteiger partial charge on any atom is 0.274 e. The molecule has 0 radical (unpaired) electrons. The summed E-state index contributed by atoms with van der Waals surface area (Å²) in [6.07, 6.45) is 6.23. The Balaban J connectivity index is 1.66. The Morgan fingerprint density at radius 1 is 1.50 bits per heavy atom.